The van der Waals surface area contributed by atoms with E-state index in [-0.39, 0.29) is 18.4 Å². The van der Waals surface area contributed by atoms with Crippen LogP contribution in [0.3, 0.4) is 0 Å². The second-order valence-corrected chi connectivity index (χ2v) is 7.93. The van der Waals surface area contributed by atoms with Crippen molar-refractivity contribution >= 4 is 11.8 Å². The van der Waals surface area contributed by atoms with E-state index in [4.69, 9.17) is 4.74 Å². The van der Waals surface area contributed by atoms with Gasteiger partial charge in [0.05, 0.1) is 0 Å². The first kappa shape index (κ1) is 19.7. The average molecular weight is 373 g/mol. The number of carbonyl (C=O) groups is 2. The monoisotopic (exact) mass is 372 g/mol. The maximum atomic E-state index is 12.8. The summed E-state index contributed by atoms with van der Waals surface area (Å²) in [7, 11) is 0. The third kappa shape index (κ3) is 5.24. The fourth-order valence-electron chi connectivity index (χ4n) is 3.97. The van der Waals surface area contributed by atoms with Gasteiger partial charge in [-0.25, -0.2) is 0 Å². The Hall–Kier alpha value is -2.04. The fourth-order valence-corrected chi connectivity index (χ4v) is 3.97. The van der Waals surface area contributed by atoms with Gasteiger partial charge in [0.1, 0.15) is 5.75 Å². The number of nitrogens with zero attached hydrogens (tertiary/aromatic N) is 2. The summed E-state index contributed by atoms with van der Waals surface area (Å²) >= 11 is 0. The predicted octanol–water partition coefficient (Wildman–Crippen LogP) is 3.32. The van der Waals surface area contributed by atoms with Gasteiger partial charge in [0.15, 0.2) is 6.61 Å². The van der Waals surface area contributed by atoms with Gasteiger partial charge in [-0.2, -0.15) is 0 Å². The molecule has 5 heteroatoms. The zero-order valence-corrected chi connectivity index (χ0v) is 16.7. The lowest BCUT2D eigenvalue weighted by atomic mass is 9.95. The summed E-state index contributed by atoms with van der Waals surface area (Å²) in [5, 5.41) is 0. The number of hydrogen-bond acceptors (Lipinski definition) is 3. The molecule has 2 fully saturated rings. The van der Waals surface area contributed by atoms with E-state index in [0.29, 0.717) is 19.0 Å². The SMILES string of the molecule is Cc1ccc(OCC(=O)N2CCC(C(=O)N3CCCCCC3)CC2)cc1C. The molecule has 0 radical (unpaired) electrons. The Bertz CT molecular complexity index is 658. The molecule has 0 bridgehead atoms. The van der Waals surface area contributed by atoms with E-state index in [1.54, 1.807) is 0 Å². The molecule has 1 aromatic rings. The van der Waals surface area contributed by atoms with Gasteiger partial charge < -0.3 is 14.5 Å². The molecule has 0 unspecified atom stereocenters. The lowest BCUT2D eigenvalue weighted by Crippen LogP contribution is -2.45. The van der Waals surface area contributed by atoms with Gasteiger partial charge in [-0.1, -0.05) is 18.9 Å². The number of rotatable bonds is 4. The molecule has 0 saturated carbocycles. The molecule has 148 valence electrons. The summed E-state index contributed by atoms with van der Waals surface area (Å²) in [4.78, 5) is 29.1. The van der Waals surface area contributed by atoms with Crippen molar-refractivity contribution in [3.05, 3.63) is 29.3 Å². The van der Waals surface area contributed by atoms with E-state index >= 15 is 0 Å². The minimum Gasteiger partial charge on any atom is -0.484 e. The molecule has 2 aliphatic rings. The number of amides is 2. The van der Waals surface area contributed by atoms with Crippen LogP contribution in [0.15, 0.2) is 18.2 Å². The molecule has 0 N–H and O–H groups in total. The van der Waals surface area contributed by atoms with E-state index in [2.05, 4.69) is 11.8 Å². The highest BCUT2D eigenvalue weighted by Gasteiger charge is 2.30. The van der Waals surface area contributed by atoms with Gasteiger partial charge >= 0.3 is 0 Å². The Balaban J connectivity index is 1.44. The quantitative estimate of drug-likeness (QED) is 0.815. The van der Waals surface area contributed by atoms with Crippen LogP contribution in [0.4, 0.5) is 0 Å². The molecule has 0 aliphatic carbocycles. The van der Waals surface area contributed by atoms with Gasteiger partial charge in [0, 0.05) is 32.1 Å². The standard InChI is InChI=1S/C22H32N2O3/c1-17-7-8-20(15-18(17)2)27-16-21(25)23-13-9-19(10-14-23)22(26)24-11-5-3-4-6-12-24/h7-8,15,19H,3-6,9-14,16H2,1-2H3. The van der Waals surface area contributed by atoms with Crippen LogP contribution in [0.2, 0.25) is 0 Å². The topological polar surface area (TPSA) is 49.9 Å². The highest BCUT2D eigenvalue weighted by molar-refractivity contribution is 5.80. The Morgan fingerprint density at radius 1 is 0.926 bits per heavy atom. The molecule has 0 aromatic heterocycles. The van der Waals surface area contributed by atoms with Gasteiger partial charge in [0.25, 0.3) is 5.91 Å². The van der Waals surface area contributed by atoms with Gasteiger partial charge in [-0.15, -0.1) is 0 Å². The third-order valence-corrected chi connectivity index (χ3v) is 5.96. The van der Waals surface area contributed by atoms with E-state index in [9.17, 15) is 9.59 Å². The van der Waals surface area contributed by atoms with Crippen molar-refractivity contribution in [1.82, 2.24) is 9.80 Å². The van der Waals surface area contributed by atoms with E-state index in [1.165, 1.54) is 18.4 Å². The average Bonchev–Trinajstić information content (AvgIpc) is 2.98. The Kier molecular flexibility index (Phi) is 6.75. The van der Waals surface area contributed by atoms with Crippen LogP contribution in [-0.4, -0.2) is 54.4 Å². The molecule has 0 atom stereocenters. The van der Waals surface area contributed by atoms with Crippen molar-refractivity contribution in [3.63, 3.8) is 0 Å². The fraction of sp³-hybridized carbons (Fsp3) is 0.636. The minimum absolute atomic E-state index is 0.00824. The van der Waals surface area contributed by atoms with Crippen molar-refractivity contribution in [3.8, 4) is 5.75 Å². The largest absolute Gasteiger partial charge is 0.484 e. The molecule has 3 rings (SSSR count). The van der Waals surface area contributed by atoms with Crippen molar-refractivity contribution < 1.29 is 14.3 Å². The Morgan fingerprint density at radius 3 is 2.22 bits per heavy atom. The molecule has 2 heterocycles. The maximum absolute atomic E-state index is 12.8. The van der Waals surface area contributed by atoms with Crippen LogP contribution in [-0.2, 0) is 9.59 Å². The van der Waals surface area contributed by atoms with Crippen LogP contribution in [0.1, 0.15) is 49.7 Å². The van der Waals surface area contributed by atoms with Crippen LogP contribution >= 0.6 is 0 Å². The smallest absolute Gasteiger partial charge is 0.260 e. The normalized spacial score (nSPS) is 18.9. The van der Waals surface area contributed by atoms with E-state index in [0.717, 1.165) is 50.1 Å². The zero-order valence-electron chi connectivity index (χ0n) is 16.7. The van der Waals surface area contributed by atoms with Crippen LogP contribution in [0.25, 0.3) is 0 Å². The molecule has 2 amide bonds. The molecular weight excluding hydrogens is 340 g/mol. The first-order valence-electron chi connectivity index (χ1n) is 10.3. The molecule has 2 saturated heterocycles. The van der Waals surface area contributed by atoms with Crippen LogP contribution in [0.5, 0.6) is 5.75 Å². The zero-order chi connectivity index (χ0) is 19.2. The van der Waals surface area contributed by atoms with Crippen LogP contribution in [0, 0.1) is 19.8 Å². The lowest BCUT2D eigenvalue weighted by Gasteiger charge is -2.34. The molecule has 27 heavy (non-hydrogen) atoms. The first-order chi connectivity index (χ1) is 13.0. The second kappa shape index (κ2) is 9.25. The molecule has 5 nitrogen and oxygen atoms in total. The van der Waals surface area contributed by atoms with Gasteiger partial charge in [-0.3, -0.25) is 9.59 Å². The van der Waals surface area contributed by atoms with Crippen LogP contribution < -0.4 is 4.74 Å². The summed E-state index contributed by atoms with van der Waals surface area (Å²) in [5.74, 6) is 1.12. The third-order valence-electron chi connectivity index (χ3n) is 5.96. The summed E-state index contributed by atoms with van der Waals surface area (Å²) < 4.78 is 5.67. The van der Waals surface area contributed by atoms with Crippen molar-refractivity contribution in [2.75, 3.05) is 32.8 Å². The summed E-state index contributed by atoms with van der Waals surface area (Å²) in [6, 6.07) is 5.88. The number of aryl methyl sites for hydroxylation is 2. The number of hydrogen-bond donors (Lipinski definition) is 0. The molecule has 0 spiro atoms. The highest BCUT2D eigenvalue weighted by Crippen LogP contribution is 2.22. The van der Waals surface area contributed by atoms with E-state index in [1.807, 2.05) is 30.0 Å². The van der Waals surface area contributed by atoms with Gasteiger partial charge in [0.2, 0.25) is 5.91 Å². The number of benzene rings is 1. The summed E-state index contributed by atoms with van der Waals surface area (Å²) in [6.45, 7) is 7.27. The van der Waals surface area contributed by atoms with Crippen molar-refractivity contribution in [1.29, 1.82) is 0 Å². The summed E-state index contributed by atoms with van der Waals surface area (Å²) in [6.07, 6.45) is 6.25. The Morgan fingerprint density at radius 2 is 1.59 bits per heavy atom. The first-order valence-corrected chi connectivity index (χ1v) is 10.3. The van der Waals surface area contributed by atoms with Crippen molar-refractivity contribution in [2.45, 2.75) is 52.4 Å². The summed E-state index contributed by atoms with van der Waals surface area (Å²) in [5.41, 5.74) is 2.37. The lowest BCUT2D eigenvalue weighted by molar-refractivity contribution is -0.141. The predicted molar refractivity (Wildman–Crippen MR) is 106 cm³/mol. The number of ether oxygens (including phenoxy) is 1. The molecular formula is C22H32N2O3. The minimum atomic E-state index is 0.00824. The molecule has 1 aromatic carbocycles. The maximum Gasteiger partial charge on any atom is 0.260 e. The highest BCUT2D eigenvalue weighted by atomic mass is 16.5. The number of carbonyl (C=O) groups excluding carboxylic acids is 2. The van der Waals surface area contributed by atoms with E-state index < -0.39 is 0 Å². The van der Waals surface area contributed by atoms with Crippen molar-refractivity contribution in [2.24, 2.45) is 5.92 Å². The van der Waals surface area contributed by atoms with Gasteiger partial charge in [-0.05, 0) is 62.8 Å². The Labute approximate surface area is 162 Å². The molecule has 2 aliphatic heterocycles. The number of likely N-dealkylation sites (tertiary alicyclic amines) is 2. The second-order valence-electron chi connectivity index (χ2n) is 7.93. The number of piperidine rings is 1.